The lowest BCUT2D eigenvalue weighted by Crippen LogP contribution is -2.21. The summed E-state index contributed by atoms with van der Waals surface area (Å²) >= 11 is 1.99. The van der Waals surface area contributed by atoms with Crippen molar-refractivity contribution in [1.29, 1.82) is 0 Å². The summed E-state index contributed by atoms with van der Waals surface area (Å²) in [5.74, 6) is 2.09. The molecule has 1 unspecified atom stereocenters. The zero-order valence-electron chi connectivity index (χ0n) is 12.4. The third kappa shape index (κ3) is 5.07. The van der Waals surface area contributed by atoms with E-state index in [1.807, 2.05) is 18.8 Å². The first-order valence-electron chi connectivity index (χ1n) is 7.06. The molecule has 2 rings (SSSR count). The molecule has 3 heteroatoms. The van der Waals surface area contributed by atoms with Crippen LogP contribution in [0.3, 0.4) is 0 Å². The molecular formula is C16H25NOS. The second-order valence-corrected chi connectivity index (χ2v) is 8.00. The molecule has 1 aliphatic carbocycles. The smallest absolute Gasteiger partial charge is 0.120 e. The minimum atomic E-state index is 0.303. The van der Waals surface area contributed by atoms with Crippen molar-refractivity contribution in [2.75, 3.05) is 12.8 Å². The quantitative estimate of drug-likeness (QED) is 0.850. The molecule has 0 aromatic heterocycles. The molecule has 1 fully saturated rings. The molecule has 0 saturated heterocycles. The van der Waals surface area contributed by atoms with E-state index in [-0.39, 0.29) is 0 Å². The highest BCUT2D eigenvalue weighted by molar-refractivity contribution is 8.00. The van der Waals surface area contributed by atoms with Crippen molar-refractivity contribution in [1.82, 2.24) is 5.32 Å². The number of nitrogens with one attached hydrogen (secondary N) is 1. The Labute approximate surface area is 121 Å². The fourth-order valence-electron chi connectivity index (χ4n) is 1.86. The van der Waals surface area contributed by atoms with Crippen molar-refractivity contribution in [2.45, 2.75) is 50.5 Å². The van der Waals surface area contributed by atoms with E-state index in [0.717, 1.165) is 11.5 Å². The van der Waals surface area contributed by atoms with Gasteiger partial charge in [0.1, 0.15) is 5.75 Å². The summed E-state index contributed by atoms with van der Waals surface area (Å²) in [5.41, 5.74) is 1.32. The topological polar surface area (TPSA) is 21.3 Å². The number of ether oxygens (including phenoxy) is 1. The van der Waals surface area contributed by atoms with Crippen LogP contribution in [0.4, 0.5) is 0 Å². The molecule has 2 nitrogen and oxygen atoms in total. The van der Waals surface area contributed by atoms with Gasteiger partial charge in [0.2, 0.25) is 0 Å². The average molecular weight is 279 g/mol. The highest BCUT2D eigenvalue weighted by Gasteiger charge is 2.24. The summed E-state index contributed by atoms with van der Waals surface area (Å²) in [6.45, 7) is 6.78. The molecule has 1 aromatic carbocycles. The molecule has 0 aliphatic heterocycles. The predicted octanol–water partition coefficient (Wildman–Crippen LogP) is 4.02. The van der Waals surface area contributed by atoms with E-state index in [4.69, 9.17) is 4.74 Å². The van der Waals surface area contributed by atoms with Gasteiger partial charge >= 0.3 is 0 Å². The second kappa shape index (κ2) is 6.19. The van der Waals surface area contributed by atoms with Crippen molar-refractivity contribution in [3.63, 3.8) is 0 Å². The van der Waals surface area contributed by atoms with Crippen LogP contribution < -0.4 is 10.1 Å². The maximum absolute atomic E-state index is 5.87. The Morgan fingerprint density at radius 1 is 1.37 bits per heavy atom. The Morgan fingerprint density at radius 2 is 2.11 bits per heavy atom. The van der Waals surface area contributed by atoms with E-state index >= 15 is 0 Å². The summed E-state index contributed by atoms with van der Waals surface area (Å²) in [6.07, 6.45) is 2.88. The molecule has 1 aromatic rings. The van der Waals surface area contributed by atoms with Crippen LogP contribution in [0, 0.1) is 0 Å². The van der Waals surface area contributed by atoms with Gasteiger partial charge in [-0.05, 0) is 37.6 Å². The van der Waals surface area contributed by atoms with E-state index in [1.165, 1.54) is 18.4 Å². The number of benzene rings is 1. The second-order valence-electron chi connectivity index (χ2n) is 6.15. The van der Waals surface area contributed by atoms with Crippen LogP contribution in [-0.4, -0.2) is 23.7 Å². The molecule has 19 heavy (non-hydrogen) atoms. The summed E-state index contributed by atoms with van der Waals surface area (Å²) in [5, 5.41) is 3.41. The van der Waals surface area contributed by atoms with Gasteiger partial charge in [-0.3, -0.25) is 0 Å². The standard InChI is InChI=1S/C16H25NOS/c1-16(2,3)19-11-15(17-4)12-6-5-7-14(10-12)18-13-8-9-13/h5-7,10,13,15,17H,8-9,11H2,1-4H3. The monoisotopic (exact) mass is 279 g/mol. The van der Waals surface area contributed by atoms with E-state index < -0.39 is 0 Å². The number of rotatable bonds is 6. The Morgan fingerprint density at radius 3 is 2.68 bits per heavy atom. The third-order valence-corrected chi connectivity index (χ3v) is 4.49. The minimum absolute atomic E-state index is 0.303. The molecule has 106 valence electrons. The highest BCUT2D eigenvalue weighted by Crippen LogP contribution is 2.31. The lowest BCUT2D eigenvalue weighted by atomic mass is 10.1. The molecule has 0 heterocycles. The minimum Gasteiger partial charge on any atom is -0.490 e. The Hall–Kier alpha value is -0.670. The van der Waals surface area contributed by atoms with Crippen molar-refractivity contribution in [3.05, 3.63) is 29.8 Å². The molecule has 0 spiro atoms. The molecule has 0 radical (unpaired) electrons. The van der Waals surface area contributed by atoms with Crippen LogP contribution >= 0.6 is 11.8 Å². The van der Waals surface area contributed by atoms with Crippen molar-refractivity contribution < 1.29 is 4.74 Å². The van der Waals surface area contributed by atoms with Crippen LogP contribution in [0.15, 0.2) is 24.3 Å². The maximum Gasteiger partial charge on any atom is 0.120 e. The van der Waals surface area contributed by atoms with Gasteiger partial charge in [-0.1, -0.05) is 32.9 Å². The molecule has 1 saturated carbocycles. The first-order chi connectivity index (χ1) is 8.98. The fourth-order valence-corrected chi connectivity index (χ4v) is 2.89. The van der Waals surface area contributed by atoms with E-state index in [9.17, 15) is 0 Å². The molecular weight excluding hydrogens is 254 g/mol. The number of hydrogen-bond donors (Lipinski definition) is 1. The zero-order chi connectivity index (χ0) is 13.9. The largest absolute Gasteiger partial charge is 0.490 e. The van der Waals surface area contributed by atoms with E-state index in [0.29, 0.717) is 16.9 Å². The van der Waals surface area contributed by atoms with E-state index in [2.05, 4.69) is 50.4 Å². The summed E-state index contributed by atoms with van der Waals surface area (Å²) in [7, 11) is 2.03. The normalized spacial score (nSPS) is 17.3. The fraction of sp³-hybridized carbons (Fsp3) is 0.625. The predicted molar refractivity (Wildman–Crippen MR) is 84.1 cm³/mol. The van der Waals surface area contributed by atoms with Gasteiger partial charge in [0.05, 0.1) is 6.10 Å². The SMILES string of the molecule is CNC(CSC(C)(C)C)c1cccc(OC2CC2)c1. The molecule has 0 bridgehead atoms. The van der Waals surface area contributed by atoms with Gasteiger partial charge in [-0.25, -0.2) is 0 Å². The third-order valence-electron chi connectivity index (χ3n) is 3.12. The first-order valence-corrected chi connectivity index (χ1v) is 8.04. The van der Waals surface area contributed by atoms with Gasteiger partial charge in [-0.2, -0.15) is 11.8 Å². The van der Waals surface area contributed by atoms with Crippen LogP contribution in [0.5, 0.6) is 5.75 Å². The number of thioether (sulfide) groups is 1. The number of hydrogen-bond acceptors (Lipinski definition) is 3. The van der Waals surface area contributed by atoms with Gasteiger partial charge in [-0.15, -0.1) is 0 Å². The summed E-state index contributed by atoms with van der Waals surface area (Å²) in [6, 6.07) is 8.91. The van der Waals surface area contributed by atoms with Crippen LogP contribution in [0.25, 0.3) is 0 Å². The van der Waals surface area contributed by atoms with Gasteiger partial charge in [0, 0.05) is 16.5 Å². The van der Waals surface area contributed by atoms with Gasteiger partial charge < -0.3 is 10.1 Å². The molecule has 1 aliphatic rings. The molecule has 0 amide bonds. The zero-order valence-corrected chi connectivity index (χ0v) is 13.2. The molecule has 1 atom stereocenters. The summed E-state index contributed by atoms with van der Waals surface area (Å²) in [4.78, 5) is 0. The lowest BCUT2D eigenvalue weighted by Gasteiger charge is -2.23. The maximum atomic E-state index is 5.87. The van der Waals surface area contributed by atoms with Crippen molar-refractivity contribution in [3.8, 4) is 5.75 Å². The van der Waals surface area contributed by atoms with Gasteiger partial charge in [0.25, 0.3) is 0 Å². The van der Waals surface area contributed by atoms with Crippen molar-refractivity contribution in [2.24, 2.45) is 0 Å². The van der Waals surface area contributed by atoms with Gasteiger partial charge in [0.15, 0.2) is 0 Å². The van der Waals surface area contributed by atoms with Crippen LogP contribution in [0.1, 0.15) is 45.2 Å². The lowest BCUT2D eigenvalue weighted by molar-refractivity contribution is 0.302. The molecule has 1 N–H and O–H groups in total. The highest BCUT2D eigenvalue weighted by atomic mass is 32.2. The van der Waals surface area contributed by atoms with Crippen molar-refractivity contribution >= 4 is 11.8 Å². The van der Waals surface area contributed by atoms with Crippen LogP contribution in [0.2, 0.25) is 0 Å². The Balaban J connectivity index is 2.00. The Kier molecular flexibility index (Phi) is 4.80. The Bertz CT molecular complexity index is 409. The van der Waals surface area contributed by atoms with E-state index in [1.54, 1.807) is 0 Å². The average Bonchev–Trinajstić information content (AvgIpc) is 3.13. The summed E-state index contributed by atoms with van der Waals surface area (Å²) < 4.78 is 6.17. The first kappa shape index (κ1) is 14.7. The van der Waals surface area contributed by atoms with Crippen LogP contribution in [-0.2, 0) is 0 Å².